The van der Waals surface area contributed by atoms with Gasteiger partial charge in [-0.15, -0.1) is 0 Å². The highest BCUT2D eigenvalue weighted by Gasteiger charge is 2.52. The third-order valence-corrected chi connectivity index (χ3v) is 7.00. The number of nitriles is 1. The predicted octanol–water partition coefficient (Wildman–Crippen LogP) is 2.92. The van der Waals surface area contributed by atoms with Crippen LogP contribution in [0.15, 0.2) is 30.5 Å². The fraction of sp³-hybridized carbons (Fsp3) is 0.478. The Hall–Kier alpha value is -3.14. The van der Waals surface area contributed by atoms with Gasteiger partial charge in [0.1, 0.15) is 0 Å². The van der Waals surface area contributed by atoms with Crippen molar-refractivity contribution in [3.8, 4) is 6.19 Å². The molecule has 7 nitrogen and oxygen atoms in total. The summed E-state index contributed by atoms with van der Waals surface area (Å²) in [5.74, 6) is 0.665. The Morgan fingerprint density at radius 2 is 2.17 bits per heavy atom. The molecule has 3 aliphatic rings. The summed E-state index contributed by atoms with van der Waals surface area (Å²) < 4.78 is 0. The summed E-state index contributed by atoms with van der Waals surface area (Å²) in [6.45, 7) is 2.15. The summed E-state index contributed by atoms with van der Waals surface area (Å²) in [5, 5.41) is 9.64. The SMILES string of the molecule is CCCc1ccnc(N2c3ccc(C(N)=O)cc3CC2C2CC3CCC2N3C#N)n1. The van der Waals surface area contributed by atoms with E-state index in [1.807, 2.05) is 29.3 Å². The van der Waals surface area contributed by atoms with E-state index in [0.29, 0.717) is 23.5 Å². The number of amides is 1. The Morgan fingerprint density at radius 3 is 2.90 bits per heavy atom. The van der Waals surface area contributed by atoms with Gasteiger partial charge >= 0.3 is 0 Å². The molecule has 0 spiro atoms. The summed E-state index contributed by atoms with van der Waals surface area (Å²) >= 11 is 0. The molecule has 30 heavy (non-hydrogen) atoms. The van der Waals surface area contributed by atoms with Gasteiger partial charge in [-0.1, -0.05) is 13.3 Å². The van der Waals surface area contributed by atoms with Gasteiger partial charge in [0.15, 0.2) is 6.19 Å². The van der Waals surface area contributed by atoms with Crippen LogP contribution in [0.1, 0.15) is 54.2 Å². The van der Waals surface area contributed by atoms with E-state index in [0.717, 1.165) is 55.5 Å². The van der Waals surface area contributed by atoms with Crippen LogP contribution in [0, 0.1) is 17.4 Å². The maximum absolute atomic E-state index is 11.7. The number of rotatable bonds is 5. The van der Waals surface area contributed by atoms with Crippen LogP contribution >= 0.6 is 0 Å². The Kier molecular flexibility index (Phi) is 4.58. The normalized spacial score (nSPS) is 26.7. The minimum atomic E-state index is -0.412. The lowest BCUT2D eigenvalue weighted by Gasteiger charge is -2.34. The van der Waals surface area contributed by atoms with Crippen molar-refractivity contribution in [3.05, 3.63) is 47.3 Å². The number of nitrogens with two attached hydrogens (primary N) is 1. The van der Waals surface area contributed by atoms with Crippen molar-refractivity contribution < 1.29 is 4.79 Å². The molecule has 2 aromatic rings. The van der Waals surface area contributed by atoms with Crippen LogP contribution < -0.4 is 10.6 Å². The zero-order chi connectivity index (χ0) is 20.8. The molecule has 4 atom stereocenters. The molecule has 3 aliphatic heterocycles. The Morgan fingerprint density at radius 1 is 1.30 bits per heavy atom. The number of hydrogen-bond acceptors (Lipinski definition) is 6. The number of anilines is 2. The highest BCUT2D eigenvalue weighted by molar-refractivity contribution is 5.94. The smallest absolute Gasteiger partial charge is 0.248 e. The molecule has 0 radical (unpaired) electrons. The van der Waals surface area contributed by atoms with Gasteiger partial charge in [0.2, 0.25) is 11.9 Å². The van der Waals surface area contributed by atoms with Crippen molar-refractivity contribution in [2.75, 3.05) is 4.90 Å². The summed E-state index contributed by atoms with van der Waals surface area (Å²) in [6.07, 6.45) is 10.2. The van der Waals surface area contributed by atoms with E-state index in [2.05, 4.69) is 23.0 Å². The fourth-order valence-corrected chi connectivity index (χ4v) is 5.73. The maximum atomic E-state index is 11.7. The average Bonchev–Trinajstić information content (AvgIpc) is 3.43. The van der Waals surface area contributed by atoms with Gasteiger partial charge < -0.3 is 15.5 Å². The molecule has 2 fully saturated rings. The fourth-order valence-electron chi connectivity index (χ4n) is 5.73. The van der Waals surface area contributed by atoms with Crippen LogP contribution in [0.2, 0.25) is 0 Å². The number of hydrogen-bond donors (Lipinski definition) is 1. The summed E-state index contributed by atoms with van der Waals surface area (Å²) in [7, 11) is 0. The molecule has 154 valence electrons. The topological polar surface area (TPSA) is 99.1 Å². The number of primary amides is 1. The number of fused-ring (bicyclic) bond motifs is 3. The van der Waals surface area contributed by atoms with E-state index in [4.69, 9.17) is 10.7 Å². The van der Waals surface area contributed by atoms with Gasteiger partial charge in [-0.3, -0.25) is 4.79 Å². The van der Waals surface area contributed by atoms with Crippen molar-refractivity contribution in [1.29, 1.82) is 5.26 Å². The summed E-state index contributed by atoms with van der Waals surface area (Å²) in [4.78, 5) is 25.5. The zero-order valence-electron chi connectivity index (χ0n) is 17.2. The summed E-state index contributed by atoms with van der Waals surface area (Å²) in [6, 6.07) is 8.45. The lowest BCUT2D eigenvalue weighted by Crippen LogP contribution is -2.41. The second kappa shape index (κ2) is 7.28. The molecule has 0 saturated carbocycles. The van der Waals surface area contributed by atoms with Gasteiger partial charge in [-0.2, -0.15) is 5.26 Å². The molecular weight excluding hydrogens is 376 g/mol. The molecule has 1 aromatic heterocycles. The van der Waals surface area contributed by atoms with E-state index in [1.54, 1.807) is 6.07 Å². The largest absolute Gasteiger partial charge is 0.366 e. The molecule has 2 saturated heterocycles. The Bertz CT molecular complexity index is 1030. The first kappa shape index (κ1) is 18.9. The standard InChI is InChI=1S/C23H26N6O/c1-2-3-16-8-9-26-23(27-16)29-19-6-4-14(22(25)30)10-15(19)11-21(29)18-12-17-5-7-20(18)28(17)13-24/h4,6,8-10,17-18,20-21H,2-3,5,7,11-12H2,1H3,(H2,25,30). The van der Waals surface area contributed by atoms with Crippen LogP contribution in [-0.4, -0.2) is 38.9 Å². The number of nitrogens with zero attached hydrogens (tertiary/aromatic N) is 5. The predicted molar refractivity (Wildman–Crippen MR) is 113 cm³/mol. The molecule has 5 rings (SSSR count). The van der Waals surface area contributed by atoms with E-state index in [-0.39, 0.29) is 12.1 Å². The minimum Gasteiger partial charge on any atom is -0.366 e. The van der Waals surface area contributed by atoms with Gasteiger partial charge in [0.05, 0.1) is 0 Å². The number of carbonyl (C=O) groups excluding carboxylic acids is 1. The molecule has 4 unspecified atom stereocenters. The lowest BCUT2D eigenvalue weighted by molar-refractivity contribution is 0.1000. The van der Waals surface area contributed by atoms with Crippen LogP contribution in [0.25, 0.3) is 0 Å². The first-order valence-corrected chi connectivity index (χ1v) is 10.8. The first-order valence-electron chi connectivity index (χ1n) is 10.8. The van der Waals surface area contributed by atoms with Crippen molar-refractivity contribution in [2.45, 2.75) is 63.6 Å². The van der Waals surface area contributed by atoms with E-state index in [9.17, 15) is 10.1 Å². The maximum Gasteiger partial charge on any atom is 0.248 e. The van der Waals surface area contributed by atoms with Crippen molar-refractivity contribution >= 4 is 17.5 Å². The van der Waals surface area contributed by atoms with Crippen LogP contribution in [0.5, 0.6) is 0 Å². The van der Waals surface area contributed by atoms with Crippen LogP contribution in [0.3, 0.4) is 0 Å². The monoisotopic (exact) mass is 402 g/mol. The number of benzene rings is 1. The van der Waals surface area contributed by atoms with Crippen molar-refractivity contribution in [3.63, 3.8) is 0 Å². The molecular formula is C23H26N6O. The highest BCUT2D eigenvalue weighted by Crippen LogP contribution is 2.49. The quantitative estimate of drug-likeness (QED) is 0.772. The van der Waals surface area contributed by atoms with Gasteiger partial charge in [-0.25, -0.2) is 9.97 Å². The van der Waals surface area contributed by atoms with E-state index in [1.165, 1.54) is 0 Å². The van der Waals surface area contributed by atoms with Crippen molar-refractivity contribution in [2.24, 2.45) is 11.7 Å². The molecule has 2 N–H and O–H groups in total. The molecule has 0 aliphatic carbocycles. The number of aryl methyl sites for hydroxylation is 1. The first-order chi connectivity index (χ1) is 14.6. The number of carbonyl (C=O) groups is 1. The third kappa shape index (κ3) is 2.90. The van der Waals surface area contributed by atoms with E-state index >= 15 is 0 Å². The highest BCUT2D eigenvalue weighted by atomic mass is 16.1. The molecule has 7 heteroatoms. The Labute approximate surface area is 176 Å². The van der Waals surface area contributed by atoms with Crippen LogP contribution in [-0.2, 0) is 12.8 Å². The second-order valence-corrected chi connectivity index (χ2v) is 8.65. The summed E-state index contributed by atoms with van der Waals surface area (Å²) in [5.41, 5.74) is 9.25. The molecule has 1 aromatic carbocycles. The zero-order valence-corrected chi connectivity index (χ0v) is 17.2. The molecule has 4 heterocycles. The van der Waals surface area contributed by atoms with Gasteiger partial charge in [0.25, 0.3) is 0 Å². The second-order valence-electron chi connectivity index (χ2n) is 8.65. The van der Waals surface area contributed by atoms with E-state index < -0.39 is 5.91 Å². The third-order valence-electron chi connectivity index (χ3n) is 7.00. The minimum absolute atomic E-state index is 0.172. The van der Waals surface area contributed by atoms with Gasteiger partial charge in [-0.05, 0) is 61.9 Å². The Balaban J connectivity index is 1.56. The van der Waals surface area contributed by atoms with Crippen LogP contribution in [0.4, 0.5) is 11.6 Å². The van der Waals surface area contributed by atoms with Gasteiger partial charge in [0, 0.05) is 47.2 Å². The van der Waals surface area contributed by atoms with Crippen molar-refractivity contribution in [1.82, 2.24) is 14.9 Å². The average molecular weight is 403 g/mol. The molecule has 1 amide bonds. The lowest BCUT2D eigenvalue weighted by atomic mass is 9.82. The number of aromatic nitrogens is 2. The molecule has 2 bridgehead atoms.